The van der Waals surface area contributed by atoms with Crippen LogP contribution in [0.5, 0.6) is 0 Å². The van der Waals surface area contributed by atoms with Gasteiger partial charge in [0.05, 0.1) is 10.0 Å². The zero-order chi connectivity index (χ0) is 12.1. The molecular weight excluding hydrogens is 291 g/mol. The van der Waals surface area contributed by atoms with Crippen LogP contribution in [0.25, 0.3) is 0 Å². The summed E-state index contributed by atoms with van der Waals surface area (Å²) in [5.41, 5.74) is 0.328. The Bertz CT molecular complexity index is 415. The Balaban J connectivity index is 2.76. The number of nitrogens with zero attached hydrogens (tertiary/aromatic N) is 2. The van der Waals surface area contributed by atoms with Gasteiger partial charge in [0, 0.05) is 17.2 Å². The van der Waals surface area contributed by atoms with Gasteiger partial charge >= 0.3 is 0 Å². The summed E-state index contributed by atoms with van der Waals surface area (Å²) in [5.74, 6) is 0.477. The third-order valence-electron chi connectivity index (χ3n) is 1.96. The van der Waals surface area contributed by atoms with Crippen LogP contribution in [0.15, 0.2) is 21.5 Å². The van der Waals surface area contributed by atoms with Gasteiger partial charge in [-0.3, -0.25) is 0 Å². The van der Waals surface area contributed by atoms with Crippen LogP contribution < -0.4 is 0 Å². The lowest BCUT2D eigenvalue weighted by Crippen LogP contribution is -2.14. The van der Waals surface area contributed by atoms with Gasteiger partial charge in [-0.25, -0.2) is 4.39 Å². The molecule has 0 aliphatic carbocycles. The van der Waals surface area contributed by atoms with E-state index in [0.29, 0.717) is 10.5 Å². The minimum Gasteiger partial charge on any atom is -0.309 e. The molecule has 0 fully saturated rings. The smallest absolute Gasteiger partial charge is 0.152 e. The molecule has 0 amide bonds. The quantitative estimate of drug-likeness (QED) is 0.800. The molecule has 5 heteroatoms. The Kier molecular flexibility index (Phi) is 5.26. The van der Waals surface area contributed by atoms with E-state index >= 15 is 0 Å². The van der Waals surface area contributed by atoms with Crippen molar-refractivity contribution in [2.45, 2.75) is 4.90 Å². The number of halogens is 2. The molecule has 0 aliphatic rings. The first-order valence-corrected chi connectivity index (χ1v) is 6.49. The second kappa shape index (κ2) is 6.24. The highest BCUT2D eigenvalue weighted by atomic mass is 79.9. The fourth-order valence-electron chi connectivity index (χ4n) is 1.07. The van der Waals surface area contributed by atoms with Crippen molar-refractivity contribution in [3.63, 3.8) is 0 Å². The fourth-order valence-corrected chi connectivity index (χ4v) is 2.70. The first-order valence-electron chi connectivity index (χ1n) is 4.72. The van der Waals surface area contributed by atoms with E-state index in [4.69, 9.17) is 5.26 Å². The van der Waals surface area contributed by atoms with Crippen molar-refractivity contribution in [2.24, 2.45) is 0 Å². The first-order chi connectivity index (χ1) is 7.56. The predicted molar refractivity (Wildman–Crippen MR) is 68.1 cm³/mol. The molecule has 1 aromatic carbocycles. The Hall–Kier alpha value is -0.570. The molecule has 0 heterocycles. The number of nitriles is 1. The standard InChI is InChI=1S/C11H12BrFN2S/c1-15(2)5-6-16-9-4-3-8(7-14)10(12)11(9)13/h3-4H,5-6H2,1-2H3. The van der Waals surface area contributed by atoms with E-state index in [1.807, 2.05) is 25.1 Å². The summed E-state index contributed by atoms with van der Waals surface area (Å²) in [6.07, 6.45) is 0. The normalized spacial score (nSPS) is 10.5. The van der Waals surface area contributed by atoms with Crippen molar-refractivity contribution in [2.75, 3.05) is 26.4 Å². The zero-order valence-electron chi connectivity index (χ0n) is 9.13. The van der Waals surface area contributed by atoms with Crippen LogP contribution in [0.1, 0.15) is 5.56 Å². The Labute approximate surface area is 108 Å². The molecule has 0 unspecified atom stereocenters. The van der Waals surface area contributed by atoms with Gasteiger partial charge in [-0.05, 0) is 42.2 Å². The number of hydrogen-bond acceptors (Lipinski definition) is 3. The molecule has 16 heavy (non-hydrogen) atoms. The van der Waals surface area contributed by atoms with Gasteiger partial charge < -0.3 is 4.90 Å². The second-order valence-corrected chi connectivity index (χ2v) is 5.43. The lowest BCUT2D eigenvalue weighted by atomic mass is 10.2. The third kappa shape index (κ3) is 3.48. The average Bonchev–Trinajstić information content (AvgIpc) is 2.24. The van der Waals surface area contributed by atoms with E-state index in [9.17, 15) is 4.39 Å². The largest absolute Gasteiger partial charge is 0.309 e. The highest BCUT2D eigenvalue weighted by Crippen LogP contribution is 2.29. The van der Waals surface area contributed by atoms with Crippen LogP contribution in [0.3, 0.4) is 0 Å². The van der Waals surface area contributed by atoms with Crippen molar-refractivity contribution in [3.8, 4) is 6.07 Å². The van der Waals surface area contributed by atoms with Crippen molar-refractivity contribution in [1.29, 1.82) is 5.26 Å². The van der Waals surface area contributed by atoms with E-state index in [1.54, 1.807) is 12.1 Å². The molecule has 0 saturated carbocycles. The van der Waals surface area contributed by atoms with Gasteiger partial charge in [0.25, 0.3) is 0 Å². The maximum absolute atomic E-state index is 13.7. The summed E-state index contributed by atoms with van der Waals surface area (Å²) in [4.78, 5) is 2.62. The van der Waals surface area contributed by atoms with E-state index in [1.165, 1.54) is 11.8 Å². The van der Waals surface area contributed by atoms with Gasteiger partial charge in [0.1, 0.15) is 6.07 Å². The van der Waals surface area contributed by atoms with Crippen molar-refractivity contribution >= 4 is 27.7 Å². The minimum absolute atomic E-state index is 0.254. The monoisotopic (exact) mass is 302 g/mol. The van der Waals surface area contributed by atoms with Crippen LogP contribution in [0.4, 0.5) is 4.39 Å². The van der Waals surface area contributed by atoms with E-state index < -0.39 is 0 Å². The summed E-state index contributed by atoms with van der Waals surface area (Å²) in [6.45, 7) is 0.891. The van der Waals surface area contributed by atoms with Gasteiger partial charge in [0.2, 0.25) is 0 Å². The van der Waals surface area contributed by atoms with Gasteiger partial charge in [-0.15, -0.1) is 11.8 Å². The van der Waals surface area contributed by atoms with Crippen LogP contribution in [-0.2, 0) is 0 Å². The molecule has 2 nitrogen and oxygen atoms in total. The Morgan fingerprint density at radius 3 is 2.75 bits per heavy atom. The first kappa shape index (κ1) is 13.5. The number of benzene rings is 1. The molecule has 0 aromatic heterocycles. The van der Waals surface area contributed by atoms with Crippen LogP contribution >= 0.6 is 27.7 Å². The molecule has 0 saturated heterocycles. The summed E-state index contributed by atoms with van der Waals surface area (Å²) >= 11 is 4.54. The van der Waals surface area contributed by atoms with Crippen molar-refractivity contribution in [1.82, 2.24) is 4.90 Å². The maximum atomic E-state index is 13.7. The molecule has 1 rings (SSSR count). The van der Waals surface area contributed by atoms with E-state index in [0.717, 1.165) is 12.3 Å². The SMILES string of the molecule is CN(C)CCSc1ccc(C#N)c(Br)c1F. The molecule has 0 aliphatic heterocycles. The maximum Gasteiger partial charge on any atom is 0.152 e. The van der Waals surface area contributed by atoms with Gasteiger partial charge in [0.15, 0.2) is 5.82 Å². The third-order valence-corrected chi connectivity index (χ3v) is 3.75. The summed E-state index contributed by atoms with van der Waals surface area (Å²) in [7, 11) is 3.96. The van der Waals surface area contributed by atoms with Crippen molar-refractivity contribution in [3.05, 3.63) is 28.0 Å². The van der Waals surface area contributed by atoms with Crippen LogP contribution in [-0.4, -0.2) is 31.3 Å². The average molecular weight is 303 g/mol. The predicted octanol–water partition coefficient (Wildman–Crippen LogP) is 3.11. The molecule has 0 atom stereocenters. The van der Waals surface area contributed by atoms with E-state index in [2.05, 4.69) is 15.9 Å². The second-order valence-electron chi connectivity index (χ2n) is 3.50. The van der Waals surface area contributed by atoms with Crippen LogP contribution in [0.2, 0.25) is 0 Å². The Morgan fingerprint density at radius 1 is 1.50 bits per heavy atom. The zero-order valence-corrected chi connectivity index (χ0v) is 11.5. The molecule has 0 bridgehead atoms. The van der Waals surface area contributed by atoms with Crippen molar-refractivity contribution < 1.29 is 4.39 Å². The topological polar surface area (TPSA) is 27.0 Å². The molecule has 0 spiro atoms. The molecule has 0 N–H and O–H groups in total. The summed E-state index contributed by atoms with van der Waals surface area (Å²) < 4.78 is 14.0. The lowest BCUT2D eigenvalue weighted by Gasteiger charge is -2.09. The highest BCUT2D eigenvalue weighted by molar-refractivity contribution is 9.10. The summed E-state index contributed by atoms with van der Waals surface area (Å²) in [5, 5.41) is 8.72. The highest BCUT2D eigenvalue weighted by Gasteiger charge is 2.11. The fraction of sp³-hybridized carbons (Fsp3) is 0.364. The minimum atomic E-state index is -0.345. The number of thioether (sulfide) groups is 1. The molecule has 86 valence electrons. The molecule has 0 radical (unpaired) electrons. The summed E-state index contributed by atoms with van der Waals surface area (Å²) in [6, 6.07) is 5.22. The number of rotatable bonds is 4. The van der Waals surface area contributed by atoms with Gasteiger partial charge in [-0.2, -0.15) is 5.26 Å². The van der Waals surface area contributed by atoms with Crippen LogP contribution in [0, 0.1) is 17.1 Å². The number of hydrogen-bond donors (Lipinski definition) is 0. The lowest BCUT2D eigenvalue weighted by molar-refractivity contribution is 0.437. The van der Waals surface area contributed by atoms with Gasteiger partial charge in [-0.1, -0.05) is 0 Å². The van der Waals surface area contributed by atoms with E-state index in [-0.39, 0.29) is 10.3 Å². The Morgan fingerprint density at radius 2 is 2.19 bits per heavy atom. The molecular formula is C11H12BrFN2S. The molecule has 1 aromatic rings.